The Morgan fingerprint density at radius 2 is 1.71 bits per heavy atom. The lowest BCUT2D eigenvalue weighted by molar-refractivity contribution is 1.31. The smallest absolute Gasteiger partial charge is 0.0568 e. The Kier molecular flexibility index (Phi) is 3.19. The van der Waals surface area contributed by atoms with Crippen molar-refractivity contribution in [3.05, 3.63) is 57.1 Å². The molecule has 0 aliphatic heterocycles. The standard InChI is InChI=1S/C14H11ClS2/c15-9-12-6-5-11(16-12)8-13-7-10-3-1-2-4-14(10)17-13/h1-7H,8-9H2. The van der Waals surface area contributed by atoms with Gasteiger partial charge in [0.05, 0.1) is 5.88 Å². The van der Waals surface area contributed by atoms with Crippen molar-refractivity contribution >= 4 is 44.4 Å². The SMILES string of the molecule is ClCc1ccc(Cc2cc3ccccc3s2)s1. The molecule has 86 valence electrons. The third-order valence-corrected chi connectivity index (χ3v) is 5.32. The quantitative estimate of drug-likeness (QED) is 0.571. The highest BCUT2D eigenvalue weighted by Gasteiger charge is 2.04. The van der Waals surface area contributed by atoms with Gasteiger partial charge in [-0.15, -0.1) is 34.3 Å². The number of halogens is 1. The largest absolute Gasteiger partial charge is 0.144 e. The molecule has 0 radical (unpaired) electrons. The maximum atomic E-state index is 5.82. The summed E-state index contributed by atoms with van der Waals surface area (Å²) in [6.45, 7) is 0. The van der Waals surface area contributed by atoms with Crippen LogP contribution in [0.2, 0.25) is 0 Å². The number of benzene rings is 1. The first-order valence-corrected chi connectivity index (χ1v) is 7.63. The zero-order valence-corrected chi connectivity index (χ0v) is 11.5. The molecule has 0 atom stereocenters. The summed E-state index contributed by atoms with van der Waals surface area (Å²) < 4.78 is 1.37. The molecule has 3 rings (SSSR count). The highest BCUT2D eigenvalue weighted by molar-refractivity contribution is 7.19. The van der Waals surface area contributed by atoms with E-state index in [4.69, 9.17) is 11.6 Å². The van der Waals surface area contributed by atoms with E-state index in [2.05, 4.69) is 42.5 Å². The zero-order chi connectivity index (χ0) is 11.7. The molecule has 0 amide bonds. The summed E-state index contributed by atoms with van der Waals surface area (Å²) >= 11 is 9.52. The van der Waals surface area contributed by atoms with Crippen LogP contribution in [0.3, 0.4) is 0 Å². The molecular formula is C14H11ClS2. The first kappa shape index (κ1) is 11.3. The Morgan fingerprint density at radius 1 is 0.882 bits per heavy atom. The Hall–Kier alpha value is -0.830. The average Bonchev–Trinajstić information content (AvgIpc) is 2.94. The van der Waals surface area contributed by atoms with E-state index >= 15 is 0 Å². The van der Waals surface area contributed by atoms with Crippen LogP contribution in [-0.4, -0.2) is 0 Å². The van der Waals surface area contributed by atoms with Gasteiger partial charge in [-0.05, 0) is 29.7 Å². The molecule has 0 unspecified atom stereocenters. The maximum absolute atomic E-state index is 5.82. The van der Waals surface area contributed by atoms with Crippen LogP contribution in [0.4, 0.5) is 0 Å². The van der Waals surface area contributed by atoms with Gasteiger partial charge in [0.25, 0.3) is 0 Å². The Bertz CT molecular complexity index is 603. The highest BCUT2D eigenvalue weighted by atomic mass is 35.5. The van der Waals surface area contributed by atoms with Gasteiger partial charge in [-0.1, -0.05) is 18.2 Å². The molecular weight excluding hydrogens is 268 g/mol. The molecule has 0 aliphatic carbocycles. The molecule has 2 heterocycles. The lowest BCUT2D eigenvalue weighted by Crippen LogP contribution is -1.76. The van der Waals surface area contributed by atoms with Gasteiger partial charge in [0, 0.05) is 25.8 Å². The van der Waals surface area contributed by atoms with Crippen molar-refractivity contribution < 1.29 is 0 Å². The van der Waals surface area contributed by atoms with Gasteiger partial charge >= 0.3 is 0 Å². The second-order valence-electron chi connectivity index (χ2n) is 3.93. The number of alkyl halides is 1. The van der Waals surface area contributed by atoms with E-state index in [0.29, 0.717) is 5.88 Å². The van der Waals surface area contributed by atoms with E-state index in [1.165, 1.54) is 24.7 Å². The number of rotatable bonds is 3. The first-order valence-electron chi connectivity index (χ1n) is 5.46. The maximum Gasteiger partial charge on any atom is 0.0568 e. The molecule has 3 aromatic rings. The molecule has 1 aromatic carbocycles. The van der Waals surface area contributed by atoms with Gasteiger partial charge in [0.2, 0.25) is 0 Å². The summed E-state index contributed by atoms with van der Waals surface area (Å²) in [4.78, 5) is 4.07. The minimum atomic E-state index is 0.622. The second kappa shape index (κ2) is 4.81. The van der Waals surface area contributed by atoms with Gasteiger partial charge < -0.3 is 0 Å². The fourth-order valence-electron chi connectivity index (χ4n) is 1.88. The van der Waals surface area contributed by atoms with Gasteiger partial charge in [0.1, 0.15) is 0 Å². The molecule has 17 heavy (non-hydrogen) atoms. The van der Waals surface area contributed by atoms with Crippen LogP contribution >= 0.6 is 34.3 Å². The first-order chi connectivity index (χ1) is 8.35. The van der Waals surface area contributed by atoms with Crippen molar-refractivity contribution in [1.29, 1.82) is 0 Å². The van der Waals surface area contributed by atoms with Crippen molar-refractivity contribution in [1.82, 2.24) is 0 Å². The topological polar surface area (TPSA) is 0 Å². The van der Waals surface area contributed by atoms with Crippen LogP contribution in [0.25, 0.3) is 10.1 Å². The van der Waals surface area contributed by atoms with Crippen LogP contribution in [-0.2, 0) is 12.3 Å². The third-order valence-electron chi connectivity index (χ3n) is 2.67. The van der Waals surface area contributed by atoms with Crippen molar-refractivity contribution in [2.24, 2.45) is 0 Å². The van der Waals surface area contributed by atoms with Crippen molar-refractivity contribution in [3.63, 3.8) is 0 Å². The molecule has 0 saturated carbocycles. The molecule has 2 aromatic heterocycles. The third kappa shape index (κ3) is 2.39. The Morgan fingerprint density at radius 3 is 2.47 bits per heavy atom. The van der Waals surface area contributed by atoms with E-state index in [1.54, 1.807) is 0 Å². The van der Waals surface area contributed by atoms with Crippen LogP contribution in [0.1, 0.15) is 14.6 Å². The van der Waals surface area contributed by atoms with Crippen LogP contribution in [0.5, 0.6) is 0 Å². The molecule has 0 spiro atoms. The molecule has 0 aliphatic rings. The summed E-state index contributed by atoms with van der Waals surface area (Å²) in [5.74, 6) is 0.622. The van der Waals surface area contributed by atoms with Gasteiger partial charge in [-0.2, -0.15) is 0 Å². The highest BCUT2D eigenvalue weighted by Crippen LogP contribution is 2.29. The number of fused-ring (bicyclic) bond motifs is 1. The zero-order valence-electron chi connectivity index (χ0n) is 9.15. The van der Waals surface area contributed by atoms with E-state index < -0.39 is 0 Å². The fourth-order valence-corrected chi connectivity index (χ4v) is 4.21. The second-order valence-corrected chi connectivity index (χ2v) is 6.62. The predicted octanol–water partition coefficient (Wildman–Crippen LogP) is 5.29. The molecule has 0 N–H and O–H groups in total. The molecule has 0 saturated heterocycles. The van der Waals surface area contributed by atoms with E-state index in [1.807, 2.05) is 22.7 Å². The van der Waals surface area contributed by atoms with Crippen molar-refractivity contribution in [2.75, 3.05) is 0 Å². The monoisotopic (exact) mass is 278 g/mol. The molecule has 3 heteroatoms. The van der Waals surface area contributed by atoms with E-state index in [0.717, 1.165) is 6.42 Å². The lowest BCUT2D eigenvalue weighted by atomic mass is 10.2. The molecule has 0 nitrogen and oxygen atoms in total. The molecule has 0 fully saturated rings. The minimum absolute atomic E-state index is 0.622. The van der Waals surface area contributed by atoms with Crippen LogP contribution < -0.4 is 0 Å². The van der Waals surface area contributed by atoms with E-state index in [-0.39, 0.29) is 0 Å². The van der Waals surface area contributed by atoms with Crippen LogP contribution in [0, 0.1) is 0 Å². The minimum Gasteiger partial charge on any atom is -0.144 e. The van der Waals surface area contributed by atoms with Gasteiger partial charge in [0.15, 0.2) is 0 Å². The summed E-state index contributed by atoms with van der Waals surface area (Å²) in [5.41, 5.74) is 0. The summed E-state index contributed by atoms with van der Waals surface area (Å²) in [7, 11) is 0. The number of thiophene rings is 2. The number of hydrogen-bond donors (Lipinski definition) is 0. The normalized spacial score (nSPS) is 11.1. The van der Waals surface area contributed by atoms with Gasteiger partial charge in [-0.25, -0.2) is 0 Å². The Balaban J connectivity index is 1.89. The average molecular weight is 279 g/mol. The van der Waals surface area contributed by atoms with Crippen molar-refractivity contribution in [2.45, 2.75) is 12.3 Å². The van der Waals surface area contributed by atoms with Crippen molar-refractivity contribution in [3.8, 4) is 0 Å². The summed E-state index contributed by atoms with van der Waals surface area (Å²) in [5, 5.41) is 1.35. The van der Waals surface area contributed by atoms with Gasteiger partial charge in [-0.3, -0.25) is 0 Å². The van der Waals surface area contributed by atoms with E-state index in [9.17, 15) is 0 Å². The summed E-state index contributed by atoms with van der Waals surface area (Å²) in [6.07, 6.45) is 1.03. The number of hydrogen-bond acceptors (Lipinski definition) is 2. The Labute approximate surface area is 113 Å². The molecule has 0 bridgehead atoms. The predicted molar refractivity (Wildman–Crippen MR) is 78.5 cm³/mol. The van der Waals surface area contributed by atoms with Crippen LogP contribution in [0.15, 0.2) is 42.5 Å². The lowest BCUT2D eigenvalue weighted by Gasteiger charge is -1.91. The summed E-state index contributed by atoms with van der Waals surface area (Å²) in [6, 6.07) is 15.2. The fraction of sp³-hybridized carbons (Fsp3) is 0.143.